The van der Waals surface area contributed by atoms with E-state index in [4.69, 9.17) is 11.6 Å². The molecule has 1 N–H and O–H groups in total. The van der Waals surface area contributed by atoms with Gasteiger partial charge in [0.05, 0.1) is 0 Å². The molecule has 2 atom stereocenters. The smallest absolute Gasteiger partial charge is 0.0408 e. The van der Waals surface area contributed by atoms with Gasteiger partial charge in [0.2, 0.25) is 0 Å². The van der Waals surface area contributed by atoms with Crippen molar-refractivity contribution in [2.24, 2.45) is 5.41 Å². The molecule has 118 valence electrons. The Labute approximate surface area is 135 Å². The Morgan fingerprint density at radius 1 is 1.24 bits per heavy atom. The minimum atomic E-state index is 0.419. The molecule has 0 radical (unpaired) electrons. The molecular weight excluding hydrogens is 278 g/mol. The minimum absolute atomic E-state index is 0.419. The molecule has 0 aliphatic carbocycles. The molecule has 1 saturated heterocycles. The van der Waals surface area contributed by atoms with Gasteiger partial charge in [-0.05, 0) is 42.5 Å². The van der Waals surface area contributed by atoms with Crippen molar-refractivity contribution < 1.29 is 0 Å². The van der Waals surface area contributed by atoms with Crippen molar-refractivity contribution in [1.82, 2.24) is 5.32 Å². The van der Waals surface area contributed by atoms with E-state index in [1.807, 2.05) is 6.07 Å². The monoisotopic (exact) mass is 307 g/mol. The topological polar surface area (TPSA) is 12.0 Å². The quantitative estimate of drug-likeness (QED) is 0.629. The Balaban J connectivity index is 2.00. The molecule has 1 aliphatic heterocycles. The molecule has 2 heteroatoms. The molecule has 0 spiro atoms. The fraction of sp³-hybridized carbons (Fsp3) is 0.684. The summed E-state index contributed by atoms with van der Waals surface area (Å²) >= 11 is 6.20. The van der Waals surface area contributed by atoms with Gasteiger partial charge in [0.15, 0.2) is 0 Å². The zero-order valence-corrected chi connectivity index (χ0v) is 14.4. The van der Waals surface area contributed by atoms with Crippen LogP contribution >= 0.6 is 11.6 Å². The van der Waals surface area contributed by atoms with Crippen molar-refractivity contribution in [3.05, 3.63) is 34.9 Å². The lowest BCUT2D eigenvalue weighted by Gasteiger charge is -2.42. The maximum absolute atomic E-state index is 6.20. The third-order valence-corrected chi connectivity index (χ3v) is 5.40. The van der Waals surface area contributed by atoms with E-state index in [-0.39, 0.29) is 0 Å². The molecule has 0 bridgehead atoms. The fourth-order valence-corrected chi connectivity index (χ4v) is 3.91. The Kier molecular flexibility index (Phi) is 6.57. The Bertz CT molecular complexity index is 431. The van der Waals surface area contributed by atoms with Gasteiger partial charge in [0.25, 0.3) is 0 Å². The van der Waals surface area contributed by atoms with Gasteiger partial charge in [-0.1, -0.05) is 69.7 Å². The van der Waals surface area contributed by atoms with Crippen LogP contribution in [0.2, 0.25) is 5.02 Å². The zero-order valence-electron chi connectivity index (χ0n) is 13.6. The minimum Gasteiger partial charge on any atom is -0.316 e. The largest absolute Gasteiger partial charge is 0.316 e. The van der Waals surface area contributed by atoms with Gasteiger partial charge < -0.3 is 5.32 Å². The van der Waals surface area contributed by atoms with E-state index >= 15 is 0 Å². The van der Waals surface area contributed by atoms with Crippen LogP contribution in [-0.2, 0) is 0 Å². The lowest BCUT2D eigenvalue weighted by molar-refractivity contribution is 0.167. The Hall–Kier alpha value is -0.530. The second kappa shape index (κ2) is 8.19. The number of rotatable bonds is 7. The van der Waals surface area contributed by atoms with Gasteiger partial charge in [-0.2, -0.15) is 0 Å². The number of hydrogen-bond acceptors (Lipinski definition) is 1. The third kappa shape index (κ3) is 4.72. The standard InChI is InChI=1S/C19H30ClN/c1-3-4-5-6-7-11-19(2)12-13-21-15-18(19)16-9-8-10-17(20)14-16/h8-10,14,18,21H,3-7,11-13,15H2,1-2H3. The van der Waals surface area contributed by atoms with Crippen LogP contribution in [0.3, 0.4) is 0 Å². The molecule has 1 nitrogen and oxygen atoms in total. The summed E-state index contributed by atoms with van der Waals surface area (Å²) in [6.45, 7) is 7.01. The summed E-state index contributed by atoms with van der Waals surface area (Å²) < 4.78 is 0. The van der Waals surface area contributed by atoms with Gasteiger partial charge in [-0.3, -0.25) is 0 Å². The van der Waals surface area contributed by atoms with E-state index in [0.29, 0.717) is 11.3 Å². The lowest BCUT2D eigenvalue weighted by Crippen LogP contribution is -2.42. The van der Waals surface area contributed by atoms with Crippen LogP contribution in [0.25, 0.3) is 0 Å². The molecule has 0 amide bonds. The highest BCUT2D eigenvalue weighted by Crippen LogP contribution is 2.44. The summed E-state index contributed by atoms with van der Waals surface area (Å²) in [4.78, 5) is 0. The van der Waals surface area contributed by atoms with Crippen LogP contribution < -0.4 is 5.32 Å². The first-order valence-electron chi connectivity index (χ1n) is 8.62. The Morgan fingerprint density at radius 2 is 2.05 bits per heavy atom. The van der Waals surface area contributed by atoms with E-state index in [2.05, 4.69) is 37.4 Å². The van der Waals surface area contributed by atoms with E-state index in [1.54, 1.807) is 0 Å². The second-order valence-electron chi connectivity index (χ2n) is 6.88. The zero-order chi connectivity index (χ0) is 15.1. The first-order valence-corrected chi connectivity index (χ1v) is 9.00. The average Bonchev–Trinajstić information content (AvgIpc) is 2.47. The molecular formula is C19H30ClN. The van der Waals surface area contributed by atoms with Crippen LogP contribution in [0.4, 0.5) is 0 Å². The highest BCUT2D eigenvalue weighted by Gasteiger charge is 2.36. The van der Waals surface area contributed by atoms with Crippen molar-refractivity contribution in [3.63, 3.8) is 0 Å². The maximum atomic E-state index is 6.20. The highest BCUT2D eigenvalue weighted by molar-refractivity contribution is 6.30. The predicted octanol–water partition coefficient (Wildman–Crippen LogP) is 5.78. The van der Waals surface area contributed by atoms with Crippen molar-refractivity contribution in [1.29, 1.82) is 0 Å². The summed E-state index contributed by atoms with van der Waals surface area (Å²) in [6.07, 6.45) is 9.48. The number of benzene rings is 1. The van der Waals surface area contributed by atoms with Crippen LogP contribution in [-0.4, -0.2) is 13.1 Å². The van der Waals surface area contributed by atoms with Crippen LogP contribution in [0.15, 0.2) is 24.3 Å². The molecule has 2 unspecified atom stereocenters. The highest BCUT2D eigenvalue weighted by atomic mass is 35.5. The molecule has 0 saturated carbocycles. The molecule has 2 rings (SSSR count). The average molecular weight is 308 g/mol. The predicted molar refractivity (Wildman–Crippen MR) is 93.2 cm³/mol. The summed E-state index contributed by atoms with van der Waals surface area (Å²) in [6, 6.07) is 8.48. The van der Waals surface area contributed by atoms with Gasteiger partial charge >= 0.3 is 0 Å². The maximum Gasteiger partial charge on any atom is 0.0408 e. The molecule has 1 aromatic rings. The summed E-state index contributed by atoms with van der Waals surface area (Å²) in [5, 5.41) is 4.44. The van der Waals surface area contributed by atoms with Crippen molar-refractivity contribution >= 4 is 11.6 Å². The fourth-order valence-electron chi connectivity index (χ4n) is 3.72. The molecule has 1 heterocycles. The molecule has 1 fully saturated rings. The SMILES string of the molecule is CCCCCCCC1(C)CCNCC1c1cccc(Cl)c1. The normalized spacial score (nSPS) is 26.0. The first kappa shape index (κ1) is 16.8. The third-order valence-electron chi connectivity index (χ3n) is 5.17. The van der Waals surface area contributed by atoms with Crippen molar-refractivity contribution in [3.8, 4) is 0 Å². The molecule has 1 aromatic carbocycles. The van der Waals surface area contributed by atoms with E-state index in [0.717, 1.165) is 18.1 Å². The van der Waals surface area contributed by atoms with Crippen LogP contribution in [0, 0.1) is 5.41 Å². The number of piperidine rings is 1. The van der Waals surface area contributed by atoms with Crippen LogP contribution in [0.1, 0.15) is 70.3 Å². The van der Waals surface area contributed by atoms with Gasteiger partial charge in [0, 0.05) is 17.5 Å². The van der Waals surface area contributed by atoms with E-state index in [1.165, 1.54) is 50.5 Å². The summed E-state index contributed by atoms with van der Waals surface area (Å²) in [7, 11) is 0. The number of unbranched alkanes of at least 4 members (excludes halogenated alkanes) is 4. The molecule has 0 aromatic heterocycles. The van der Waals surface area contributed by atoms with E-state index < -0.39 is 0 Å². The molecule has 1 aliphatic rings. The van der Waals surface area contributed by atoms with Gasteiger partial charge in [0.1, 0.15) is 0 Å². The van der Waals surface area contributed by atoms with Gasteiger partial charge in [-0.25, -0.2) is 0 Å². The second-order valence-corrected chi connectivity index (χ2v) is 7.32. The summed E-state index contributed by atoms with van der Waals surface area (Å²) in [5.74, 6) is 0.594. The number of nitrogens with one attached hydrogen (secondary N) is 1. The van der Waals surface area contributed by atoms with Crippen molar-refractivity contribution in [2.45, 2.75) is 64.7 Å². The Morgan fingerprint density at radius 3 is 2.81 bits per heavy atom. The summed E-state index contributed by atoms with van der Waals surface area (Å²) in [5.41, 5.74) is 1.83. The number of halogens is 1. The molecule has 21 heavy (non-hydrogen) atoms. The van der Waals surface area contributed by atoms with Crippen molar-refractivity contribution in [2.75, 3.05) is 13.1 Å². The first-order chi connectivity index (χ1) is 10.2. The van der Waals surface area contributed by atoms with Gasteiger partial charge in [-0.15, -0.1) is 0 Å². The van der Waals surface area contributed by atoms with Crippen LogP contribution in [0.5, 0.6) is 0 Å². The lowest BCUT2D eigenvalue weighted by atomic mass is 9.66. The van der Waals surface area contributed by atoms with E-state index in [9.17, 15) is 0 Å². The number of hydrogen-bond donors (Lipinski definition) is 1.